The summed E-state index contributed by atoms with van der Waals surface area (Å²) in [5, 5.41) is 2.61. The molecule has 7 heteroatoms. The number of benzene rings is 2. The molecule has 0 bridgehead atoms. The van der Waals surface area contributed by atoms with E-state index in [2.05, 4.69) is 5.32 Å². The van der Waals surface area contributed by atoms with E-state index in [4.69, 9.17) is 11.5 Å². The van der Waals surface area contributed by atoms with Crippen LogP contribution in [0.4, 0.5) is 0 Å². The smallest absolute Gasteiger partial charge is 0.262 e. The molecule has 2 aromatic rings. The molecular formula is C24H24N4O3. The fourth-order valence-corrected chi connectivity index (χ4v) is 3.76. The summed E-state index contributed by atoms with van der Waals surface area (Å²) in [4.78, 5) is 39.4. The average molecular weight is 416 g/mol. The van der Waals surface area contributed by atoms with Gasteiger partial charge in [0.2, 0.25) is 5.91 Å². The van der Waals surface area contributed by atoms with Crippen LogP contribution in [0.5, 0.6) is 0 Å². The number of nitrogens with zero attached hydrogens (tertiary/aromatic N) is 1. The lowest BCUT2D eigenvalue weighted by molar-refractivity contribution is -0.119. The molecule has 3 amide bonds. The first-order valence-corrected chi connectivity index (χ1v) is 10.1. The van der Waals surface area contributed by atoms with Gasteiger partial charge in [0.05, 0.1) is 17.5 Å². The summed E-state index contributed by atoms with van der Waals surface area (Å²) in [6.45, 7) is 1.84. The molecule has 5 N–H and O–H groups in total. The van der Waals surface area contributed by atoms with E-state index in [1.807, 2.05) is 37.3 Å². The van der Waals surface area contributed by atoms with Gasteiger partial charge in [-0.05, 0) is 54.7 Å². The normalized spacial score (nSPS) is 16.5. The molecule has 1 saturated carbocycles. The number of imide groups is 1. The first kappa shape index (κ1) is 20.4. The van der Waals surface area contributed by atoms with Crippen molar-refractivity contribution in [1.82, 2.24) is 10.2 Å². The summed E-state index contributed by atoms with van der Waals surface area (Å²) in [5.74, 6) is -0.824. The van der Waals surface area contributed by atoms with E-state index in [1.54, 1.807) is 18.2 Å². The third kappa shape index (κ3) is 4.21. The van der Waals surface area contributed by atoms with E-state index in [1.165, 1.54) is 11.0 Å². The van der Waals surface area contributed by atoms with Gasteiger partial charge in [0.25, 0.3) is 11.8 Å². The second kappa shape index (κ2) is 8.10. The molecule has 0 radical (unpaired) electrons. The van der Waals surface area contributed by atoms with Crippen LogP contribution in [0.2, 0.25) is 0 Å². The molecule has 2 aromatic carbocycles. The maximum atomic E-state index is 12.9. The second-order valence-electron chi connectivity index (χ2n) is 7.89. The Labute approximate surface area is 180 Å². The quantitative estimate of drug-likeness (QED) is 0.493. The molecule has 4 rings (SSSR count). The zero-order chi connectivity index (χ0) is 22.1. The highest BCUT2D eigenvalue weighted by molar-refractivity contribution is 6.22. The van der Waals surface area contributed by atoms with E-state index in [9.17, 15) is 14.4 Å². The van der Waals surface area contributed by atoms with Crippen molar-refractivity contribution in [2.45, 2.75) is 32.2 Å². The minimum atomic E-state index is -0.377. The summed E-state index contributed by atoms with van der Waals surface area (Å²) in [5.41, 5.74) is 15.3. The van der Waals surface area contributed by atoms with Gasteiger partial charge in [0.15, 0.2) is 0 Å². The first-order chi connectivity index (χ1) is 14.8. The predicted molar refractivity (Wildman–Crippen MR) is 117 cm³/mol. The Kier molecular flexibility index (Phi) is 5.33. The van der Waals surface area contributed by atoms with Crippen LogP contribution >= 0.6 is 0 Å². The largest absolute Gasteiger partial charge is 0.398 e. The third-order valence-corrected chi connectivity index (χ3v) is 5.34. The van der Waals surface area contributed by atoms with Crippen molar-refractivity contribution in [1.29, 1.82) is 0 Å². The Bertz CT molecular complexity index is 1130. The molecule has 158 valence electrons. The fraction of sp³-hybridized carbons (Fsp3) is 0.208. The van der Waals surface area contributed by atoms with Crippen LogP contribution in [0.25, 0.3) is 5.70 Å². The van der Waals surface area contributed by atoms with Crippen LogP contribution in [0.1, 0.15) is 50.2 Å². The molecule has 1 heterocycles. The summed E-state index contributed by atoms with van der Waals surface area (Å²) >= 11 is 0. The summed E-state index contributed by atoms with van der Waals surface area (Å²) in [6.07, 6.45) is 4.74. The third-order valence-electron chi connectivity index (χ3n) is 5.34. The molecule has 0 aromatic heterocycles. The van der Waals surface area contributed by atoms with Crippen molar-refractivity contribution in [2.24, 2.45) is 11.5 Å². The van der Waals surface area contributed by atoms with Crippen molar-refractivity contribution < 1.29 is 14.4 Å². The lowest BCUT2D eigenvalue weighted by atomic mass is 9.97. The zero-order valence-corrected chi connectivity index (χ0v) is 17.2. The number of hydrogen-bond donors (Lipinski definition) is 3. The molecule has 0 atom stereocenters. The molecule has 2 aliphatic rings. The Morgan fingerprint density at radius 2 is 1.81 bits per heavy atom. The summed E-state index contributed by atoms with van der Waals surface area (Å²) in [6, 6.07) is 12.9. The number of hydrogen-bond acceptors (Lipinski definition) is 5. The first-order valence-electron chi connectivity index (χ1n) is 10.1. The number of amides is 3. The number of aryl methyl sites for hydroxylation is 1. The zero-order valence-electron chi connectivity index (χ0n) is 17.2. The van der Waals surface area contributed by atoms with Gasteiger partial charge in [-0.15, -0.1) is 0 Å². The SMILES string of the molecule is Cc1cc(CC(=O)N/C(N)=C/C=C(\N)c2ccccc2)c2c(c1)C(=O)N(C1CC1)C2=O. The maximum absolute atomic E-state index is 12.9. The summed E-state index contributed by atoms with van der Waals surface area (Å²) in [7, 11) is 0. The van der Waals surface area contributed by atoms with E-state index in [-0.39, 0.29) is 36.0 Å². The predicted octanol–water partition coefficient (Wildman–Crippen LogP) is 2.21. The average Bonchev–Trinajstić information content (AvgIpc) is 3.53. The van der Waals surface area contributed by atoms with Crippen molar-refractivity contribution in [3.05, 3.63) is 88.3 Å². The van der Waals surface area contributed by atoms with Gasteiger partial charge in [0, 0.05) is 11.7 Å². The van der Waals surface area contributed by atoms with Crippen molar-refractivity contribution >= 4 is 23.4 Å². The topological polar surface area (TPSA) is 119 Å². The second-order valence-corrected chi connectivity index (χ2v) is 7.89. The number of carbonyl (C=O) groups is 3. The van der Waals surface area contributed by atoms with Crippen LogP contribution in [-0.4, -0.2) is 28.7 Å². The number of nitrogens with one attached hydrogen (secondary N) is 1. The van der Waals surface area contributed by atoms with Crippen LogP contribution in [0.3, 0.4) is 0 Å². The molecule has 0 saturated heterocycles. The van der Waals surface area contributed by atoms with E-state index < -0.39 is 0 Å². The summed E-state index contributed by atoms with van der Waals surface area (Å²) < 4.78 is 0. The molecule has 31 heavy (non-hydrogen) atoms. The van der Waals surface area contributed by atoms with Gasteiger partial charge in [0.1, 0.15) is 5.82 Å². The lowest BCUT2D eigenvalue weighted by Crippen LogP contribution is -2.32. The van der Waals surface area contributed by atoms with Crippen LogP contribution in [-0.2, 0) is 11.2 Å². The standard InChI is InChI=1S/C24H24N4O3/c1-14-11-16(22-18(12-14)23(30)28(24(22)31)17-7-8-17)13-21(29)27-20(26)10-9-19(25)15-5-3-2-4-6-15/h2-6,9-12,17H,7-8,13,25-26H2,1H3,(H,27,29)/b19-9-,20-10+. The van der Waals surface area contributed by atoms with Gasteiger partial charge in [-0.1, -0.05) is 36.4 Å². The number of allylic oxidation sites excluding steroid dienone is 2. The number of carbonyl (C=O) groups excluding carboxylic acids is 3. The van der Waals surface area contributed by atoms with Crippen LogP contribution in [0, 0.1) is 6.92 Å². The van der Waals surface area contributed by atoms with Gasteiger partial charge >= 0.3 is 0 Å². The van der Waals surface area contributed by atoms with Gasteiger partial charge in [-0.25, -0.2) is 0 Å². The Balaban J connectivity index is 1.49. The minimum absolute atomic E-state index is 0.0187. The van der Waals surface area contributed by atoms with Crippen molar-refractivity contribution in [2.75, 3.05) is 0 Å². The number of fused-ring (bicyclic) bond motifs is 1. The lowest BCUT2D eigenvalue weighted by Gasteiger charge is -2.12. The molecule has 7 nitrogen and oxygen atoms in total. The Hall–Kier alpha value is -3.87. The number of rotatable bonds is 6. The number of nitrogens with two attached hydrogens (primary N) is 2. The van der Waals surface area contributed by atoms with Crippen molar-refractivity contribution in [3.63, 3.8) is 0 Å². The van der Waals surface area contributed by atoms with Gasteiger partial charge in [-0.3, -0.25) is 19.3 Å². The van der Waals surface area contributed by atoms with E-state index in [0.29, 0.717) is 22.4 Å². The van der Waals surface area contributed by atoms with Gasteiger partial charge in [-0.2, -0.15) is 0 Å². The molecule has 0 unspecified atom stereocenters. The van der Waals surface area contributed by atoms with Crippen molar-refractivity contribution in [3.8, 4) is 0 Å². The molecule has 1 aliphatic heterocycles. The van der Waals surface area contributed by atoms with Crippen LogP contribution in [0.15, 0.2) is 60.4 Å². The minimum Gasteiger partial charge on any atom is -0.398 e. The van der Waals surface area contributed by atoms with E-state index >= 15 is 0 Å². The molecular weight excluding hydrogens is 392 g/mol. The highest BCUT2D eigenvalue weighted by atomic mass is 16.2. The highest BCUT2D eigenvalue weighted by Crippen LogP contribution is 2.36. The van der Waals surface area contributed by atoms with Gasteiger partial charge < -0.3 is 16.8 Å². The highest BCUT2D eigenvalue weighted by Gasteiger charge is 2.45. The Morgan fingerprint density at radius 1 is 1.10 bits per heavy atom. The van der Waals surface area contributed by atoms with E-state index in [0.717, 1.165) is 24.0 Å². The molecule has 1 aliphatic carbocycles. The fourth-order valence-electron chi connectivity index (χ4n) is 3.76. The molecule has 0 spiro atoms. The monoisotopic (exact) mass is 416 g/mol. The van der Waals surface area contributed by atoms with Crippen LogP contribution < -0.4 is 16.8 Å². The molecule has 1 fully saturated rings. The maximum Gasteiger partial charge on any atom is 0.262 e. The Morgan fingerprint density at radius 3 is 2.48 bits per heavy atom.